The fourth-order valence-corrected chi connectivity index (χ4v) is 3.58. The second kappa shape index (κ2) is 7.01. The third kappa shape index (κ3) is 3.92. The molecule has 1 saturated carbocycles. The molecular formula is C17H22BrFO2. The van der Waals surface area contributed by atoms with Gasteiger partial charge in [0.25, 0.3) is 0 Å². The minimum absolute atomic E-state index is 0.0112. The van der Waals surface area contributed by atoms with Crippen LogP contribution in [0.2, 0.25) is 0 Å². The van der Waals surface area contributed by atoms with Crippen molar-refractivity contribution < 1.29 is 13.9 Å². The lowest BCUT2D eigenvalue weighted by Crippen LogP contribution is -2.46. The van der Waals surface area contributed by atoms with E-state index in [2.05, 4.69) is 22.9 Å². The Morgan fingerprint density at radius 2 is 2.29 bits per heavy atom. The second-order valence-electron chi connectivity index (χ2n) is 5.96. The highest BCUT2D eigenvalue weighted by atomic mass is 79.9. The van der Waals surface area contributed by atoms with E-state index in [0.717, 1.165) is 25.7 Å². The first-order chi connectivity index (χ1) is 9.97. The minimum Gasteiger partial charge on any atom is -0.367 e. The number of ketones is 1. The lowest BCUT2D eigenvalue weighted by atomic mass is 9.75. The van der Waals surface area contributed by atoms with Crippen molar-refractivity contribution >= 4 is 21.7 Å². The molecule has 0 heterocycles. The first-order valence-electron chi connectivity index (χ1n) is 7.58. The van der Waals surface area contributed by atoms with Crippen LogP contribution in [0.4, 0.5) is 4.39 Å². The number of carbonyl (C=O) groups is 1. The van der Waals surface area contributed by atoms with E-state index in [9.17, 15) is 9.18 Å². The van der Waals surface area contributed by atoms with E-state index in [1.54, 1.807) is 12.1 Å². The predicted molar refractivity (Wildman–Crippen MR) is 84.8 cm³/mol. The quantitative estimate of drug-likeness (QED) is 0.765. The zero-order valence-corrected chi connectivity index (χ0v) is 14.2. The molecule has 0 bridgehead atoms. The van der Waals surface area contributed by atoms with Gasteiger partial charge in [-0.05, 0) is 49.8 Å². The number of Topliss-reactive ketones (excluding diaryl/α,β-unsaturated/α-hetero) is 1. The predicted octanol–water partition coefficient (Wildman–Crippen LogP) is 4.69. The molecule has 0 aliphatic heterocycles. The summed E-state index contributed by atoms with van der Waals surface area (Å²) in [6.45, 7) is 4.58. The molecular weight excluding hydrogens is 335 g/mol. The monoisotopic (exact) mass is 356 g/mol. The highest BCUT2D eigenvalue weighted by molar-refractivity contribution is 9.10. The van der Waals surface area contributed by atoms with Crippen LogP contribution in [0.25, 0.3) is 0 Å². The van der Waals surface area contributed by atoms with E-state index < -0.39 is 5.60 Å². The molecule has 2 rings (SSSR count). The number of ether oxygens (including phenoxy) is 1. The molecule has 0 radical (unpaired) electrons. The highest BCUT2D eigenvalue weighted by Gasteiger charge is 2.42. The van der Waals surface area contributed by atoms with E-state index in [0.29, 0.717) is 22.6 Å². The van der Waals surface area contributed by atoms with E-state index in [1.165, 1.54) is 6.07 Å². The van der Waals surface area contributed by atoms with Crippen molar-refractivity contribution in [3.05, 3.63) is 34.1 Å². The Morgan fingerprint density at radius 3 is 2.90 bits per heavy atom. The van der Waals surface area contributed by atoms with Crippen molar-refractivity contribution in [2.45, 2.75) is 51.6 Å². The van der Waals surface area contributed by atoms with Crippen LogP contribution in [0, 0.1) is 11.7 Å². The molecule has 1 aromatic rings. The average molecular weight is 357 g/mol. The molecule has 0 spiro atoms. The Balaban J connectivity index is 2.18. The van der Waals surface area contributed by atoms with Crippen molar-refractivity contribution in [3.63, 3.8) is 0 Å². The summed E-state index contributed by atoms with van der Waals surface area (Å²) in [5.41, 5.74) is -0.271. The van der Waals surface area contributed by atoms with Crippen LogP contribution < -0.4 is 0 Å². The molecule has 1 fully saturated rings. The summed E-state index contributed by atoms with van der Waals surface area (Å²) < 4.78 is 20.5. The third-order valence-corrected chi connectivity index (χ3v) is 4.74. The fraction of sp³-hybridized carbons (Fsp3) is 0.588. The van der Waals surface area contributed by atoms with Gasteiger partial charge in [-0.1, -0.05) is 35.3 Å². The minimum atomic E-state index is -0.716. The Labute approximate surface area is 134 Å². The first kappa shape index (κ1) is 16.6. The standard InChI is InChI=1S/C17H22BrFO2/c1-3-21-17(8-4-5-12(2)11-17)16(20)9-13-6-7-14(18)10-15(13)19/h6-7,10,12H,3-5,8-9,11H2,1-2H3. The zero-order chi connectivity index (χ0) is 15.5. The first-order valence-corrected chi connectivity index (χ1v) is 8.37. The van der Waals surface area contributed by atoms with Gasteiger partial charge in [0.15, 0.2) is 5.78 Å². The lowest BCUT2D eigenvalue weighted by Gasteiger charge is -2.38. The van der Waals surface area contributed by atoms with Gasteiger partial charge in [-0.2, -0.15) is 0 Å². The van der Waals surface area contributed by atoms with Crippen LogP contribution in [-0.2, 0) is 16.0 Å². The van der Waals surface area contributed by atoms with Gasteiger partial charge in [-0.15, -0.1) is 0 Å². The normalized spacial score (nSPS) is 25.8. The molecule has 1 aliphatic rings. The Kier molecular flexibility index (Phi) is 5.55. The van der Waals surface area contributed by atoms with Crippen LogP contribution in [-0.4, -0.2) is 18.0 Å². The van der Waals surface area contributed by atoms with Crippen molar-refractivity contribution in [1.82, 2.24) is 0 Å². The smallest absolute Gasteiger partial charge is 0.169 e. The lowest BCUT2D eigenvalue weighted by molar-refractivity contribution is -0.150. The molecule has 2 atom stereocenters. The van der Waals surface area contributed by atoms with Gasteiger partial charge >= 0.3 is 0 Å². The molecule has 0 aromatic heterocycles. The number of benzene rings is 1. The van der Waals surface area contributed by atoms with Crippen LogP contribution in [0.3, 0.4) is 0 Å². The van der Waals surface area contributed by atoms with Gasteiger partial charge in [0, 0.05) is 17.5 Å². The maximum atomic E-state index is 13.9. The van der Waals surface area contributed by atoms with Crippen molar-refractivity contribution in [1.29, 1.82) is 0 Å². The molecule has 21 heavy (non-hydrogen) atoms. The largest absolute Gasteiger partial charge is 0.367 e. The average Bonchev–Trinajstić information content (AvgIpc) is 2.42. The Bertz CT molecular complexity index is 514. The van der Waals surface area contributed by atoms with Crippen LogP contribution in [0.1, 0.15) is 45.1 Å². The highest BCUT2D eigenvalue weighted by Crippen LogP contribution is 2.37. The topological polar surface area (TPSA) is 26.3 Å². The number of carbonyl (C=O) groups excluding carboxylic acids is 1. The summed E-state index contributed by atoms with van der Waals surface area (Å²) in [4.78, 5) is 12.8. The summed E-state index contributed by atoms with van der Waals surface area (Å²) in [6, 6.07) is 4.84. The molecule has 0 amide bonds. The van der Waals surface area contributed by atoms with E-state index in [1.807, 2.05) is 6.92 Å². The van der Waals surface area contributed by atoms with Gasteiger partial charge in [0.1, 0.15) is 11.4 Å². The van der Waals surface area contributed by atoms with Crippen molar-refractivity contribution in [2.24, 2.45) is 5.92 Å². The van der Waals surface area contributed by atoms with Crippen molar-refractivity contribution in [3.8, 4) is 0 Å². The molecule has 2 nitrogen and oxygen atoms in total. The Morgan fingerprint density at radius 1 is 1.52 bits per heavy atom. The third-order valence-electron chi connectivity index (χ3n) is 4.25. The molecule has 4 heteroatoms. The maximum absolute atomic E-state index is 13.9. The molecule has 0 saturated heterocycles. The summed E-state index contributed by atoms with van der Waals surface area (Å²) in [5, 5.41) is 0. The van der Waals surface area contributed by atoms with Crippen LogP contribution in [0.5, 0.6) is 0 Å². The van der Waals surface area contributed by atoms with E-state index >= 15 is 0 Å². The van der Waals surface area contributed by atoms with Crippen LogP contribution >= 0.6 is 15.9 Å². The van der Waals surface area contributed by atoms with Crippen LogP contribution in [0.15, 0.2) is 22.7 Å². The van der Waals surface area contributed by atoms with Gasteiger partial charge < -0.3 is 4.74 Å². The zero-order valence-electron chi connectivity index (χ0n) is 12.6. The molecule has 0 N–H and O–H groups in total. The molecule has 1 aromatic carbocycles. The molecule has 116 valence electrons. The van der Waals surface area contributed by atoms with Crippen molar-refractivity contribution in [2.75, 3.05) is 6.61 Å². The maximum Gasteiger partial charge on any atom is 0.169 e. The summed E-state index contributed by atoms with van der Waals surface area (Å²) >= 11 is 3.23. The SMILES string of the molecule is CCOC1(C(=O)Cc2ccc(Br)cc2F)CCCC(C)C1. The summed E-state index contributed by atoms with van der Waals surface area (Å²) in [7, 11) is 0. The fourth-order valence-electron chi connectivity index (χ4n) is 3.24. The number of halogens is 2. The summed E-state index contributed by atoms with van der Waals surface area (Å²) in [5.74, 6) is 0.148. The summed E-state index contributed by atoms with van der Waals surface area (Å²) in [6.07, 6.45) is 3.73. The van der Waals surface area contributed by atoms with E-state index in [4.69, 9.17) is 4.74 Å². The number of rotatable bonds is 5. The number of hydrogen-bond acceptors (Lipinski definition) is 2. The van der Waals surface area contributed by atoms with E-state index in [-0.39, 0.29) is 18.0 Å². The molecule has 2 unspecified atom stereocenters. The Hall–Kier alpha value is -0.740. The van der Waals surface area contributed by atoms with Gasteiger partial charge in [0.2, 0.25) is 0 Å². The second-order valence-corrected chi connectivity index (χ2v) is 6.88. The van der Waals surface area contributed by atoms with Gasteiger partial charge in [-0.3, -0.25) is 4.79 Å². The van der Waals surface area contributed by atoms with Gasteiger partial charge in [0.05, 0.1) is 0 Å². The number of hydrogen-bond donors (Lipinski definition) is 0. The molecule has 1 aliphatic carbocycles. The van der Waals surface area contributed by atoms with Gasteiger partial charge in [-0.25, -0.2) is 4.39 Å².